The monoisotopic (exact) mass is 335 g/mol. The lowest BCUT2D eigenvalue weighted by molar-refractivity contribution is -0.117. The topological polar surface area (TPSA) is 73.2 Å². The first-order valence-electron chi connectivity index (χ1n) is 6.66. The van der Waals surface area contributed by atoms with E-state index in [4.69, 9.17) is 11.6 Å². The predicted molar refractivity (Wildman–Crippen MR) is 87.3 cm³/mol. The minimum atomic E-state index is -0.506. The van der Waals surface area contributed by atoms with Crippen LogP contribution in [0.2, 0.25) is 5.02 Å². The van der Waals surface area contributed by atoms with Crippen LogP contribution >= 0.6 is 23.4 Å². The summed E-state index contributed by atoms with van der Waals surface area (Å²) in [4.78, 5) is 25.9. The third-order valence-corrected chi connectivity index (χ3v) is 4.87. The average molecular weight is 336 g/mol. The van der Waals surface area contributed by atoms with E-state index in [2.05, 4.69) is 5.32 Å². The van der Waals surface area contributed by atoms with Crippen molar-refractivity contribution in [2.75, 3.05) is 11.9 Å². The Hall–Kier alpha value is -1.97. The van der Waals surface area contributed by atoms with Gasteiger partial charge < -0.3 is 5.32 Å². The van der Waals surface area contributed by atoms with Gasteiger partial charge in [0.05, 0.1) is 5.25 Å². The molecule has 1 aliphatic rings. The number of nitrogens with one attached hydrogen (secondary N) is 1. The van der Waals surface area contributed by atoms with Gasteiger partial charge in [0.2, 0.25) is 5.91 Å². The smallest absolute Gasteiger partial charge is 0.264 e. The Labute approximate surface area is 137 Å². The molecular weight excluding hydrogens is 322 g/mol. The summed E-state index contributed by atoms with van der Waals surface area (Å²) in [7, 11) is 1.45. The molecule has 0 saturated carbocycles. The number of likely N-dealkylation sites (N-methyl/N-ethyl adjacent to an activating group) is 1. The maximum atomic E-state index is 12.6. The number of amides is 2. The summed E-state index contributed by atoms with van der Waals surface area (Å²) in [5, 5.41) is 12.3. The molecule has 7 heteroatoms. The number of carbonyl (C=O) groups is 2. The van der Waals surface area contributed by atoms with Crippen LogP contribution in [0, 0.1) is 11.3 Å². The third-order valence-electron chi connectivity index (χ3n) is 3.19. The Kier molecular flexibility index (Phi) is 5.11. The molecule has 1 aliphatic heterocycles. The average Bonchev–Trinajstić information content (AvgIpc) is 2.85. The van der Waals surface area contributed by atoms with Gasteiger partial charge in [-0.15, -0.1) is 0 Å². The zero-order chi connectivity index (χ0) is 16.3. The van der Waals surface area contributed by atoms with Crippen LogP contribution in [0.25, 0.3) is 0 Å². The van der Waals surface area contributed by atoms with Crippen LogP contribution in [-0.4, -0.2) is 24.1 Å². The molecule has 5 nitrogen and oxygen atoms in total. The molecule has 114 valence electrons. The molecule has 2 rings (SSSR count). The molecule has 0 aromatic heterocycles. The highest BCUT2D eigenvalue weighted by molar-refractivity contribution is 8.05. The van der Waals surface area contributed by atoms with Crippen LogP contribution in [0.4, 0.5) is 5.69 Å². The van der Waals surface area contributed by atoms with Gasteiger partial charge in [0.15, 0.2) is 0 Å². The Morgan fingerprint density at radius 1 is 1.45 bits per heavy atom. The molecule has 0 aliphatic carbocycles. The van der Waals surface area contributed by atoms with Crippen molar-refractivity contribution in [3.8, 4) is 6.07 Å². The second-order valence-electron chi connectivity index (χ2n) is 4.54. The van der Waals surface area contributed by atoms with Gasteiger partial charge in [-0.05, 0) is 30.7 Å². The minimum absolute atomic E-state index is 0.0632. The van der Waals surface area contributed by atoms with Crippen molar-refractivity contribution in [3.63, 3.8) is 0 Å². The number of nitriles is 1. The highest BCUT2D eigenvalue weighted by Gasteiger charge is 2.39. The van der Waals surface area contributed by atoms with Gasteiger partial charge in [-0.1, -0.05) is 30.3 Å². The van der Waals surface area contributed by atoms with E-state index in [0.717, 1.165) is 0 Å². The van der Waals surface area contributed by atoms with Crippen LogP contribution in [0.15, 0.2) is 34.9 Å². The van der Waals surface area contributed by atoms with Gasteiger partial charge in [-0.3, -0.25) is 14.5 Å². The molecule has 1 aromatic carbocycles. The Morgan fingerprint density at radius 3 is 2.59 bits per heavy atom. The molecule has 22 heavy (non-hydrogen) atoms. The quantitative estimate of drug-likeness (QED) is 0.681. The number of hydrogen-bond acceptors (Lipinski definition) is 4. The normalized spacial score (nSPS) is 19.8. The third kappa shape index (κ3) is 2.96. The summed E-state index contributed by atoms with van der Waals surface area (Å²) < 4.78 is 0. The van der Waals surface area contributed by atoms with Crippen molar-refractivity contribution >= 4 is 40.9 Å². The van der Waals surface area contributed by atoms with Crippen LogP contribution in [0.1, 0.15) is 13.3 Å². The number of thioether (sulfide) groups is 1. The summed E-state index contributed by atoms with van der Waals surface area (Å²) in [6, 6.07) is 8.61. The zero-order valence-corrected chi connectivity index (χ0v) is 13.7. The summed E-state index contributed by atoms with van der Waals surface area (Å²) in [6.07, 6.45) is 0.615. The number of anilines is 1. The number of nitrogens with zero attached hydrogens (tertiary/aromatic N) is 2. The number of halogens is 1. The maximum absolute atomic E-state index is 12.6. The second-order valence-corrected chi connectivity index (χ2v) is 6.16. The summed E-state index contributed by atoms with van der Waals surface area (Å²) in [6.45, 7) is 1.89. The van der Waals surface area contributed by atoms with Crippen molar-refractivity contribution in [3.05, 3.63) is 39.9 Å². The molecule has 0 bridgehead atoms. The van der Waals surface area contributed by atoms with Crippen molar-refractivity contribution in [1.29, 1.82) is 5.26 Å². The van der Waals surface area contributed by atoms with E-state index in [1.807, 2.05) is 13.0 Å². The van der Waals surface area contributed by atoms with Gasteiger partial charge in [0, 0.05) is 17.8 Å². The molecule has 1 saturated heterocycles. The predicted octanol–water partition coefficient (Wildman–Crippen LogP) is 2.68. The van der Waals surface area contributed by atoms with E-state index in [-0.39, 0.29) is 16.7 Å². The van der Waals surface area contributed by atoms with E-state index in [1.165, 1.54) is 23.7 Å². The number of benzene rings is 1. The fourth-order valence-corrected chi connectivity index (χ4v) is 3.39. The molecule has 2 amide bonds. The van der Waals surface area contributed by atoms with Crippen molar-refractivity contribution in [2.45, 2.75) is 18.6 Å². The van der Waals surface area contributed by atoms with Gasteiger partial charge in [0.1, 0.15) is 16.7 Å². The molecule has 0 spiro atoms. The summed E-state index contributed by atoms with van der Waals surface area (Å²) in [5.74, 6) is -0.644. The molecule has 1 atom stereocenters. The van der Waals surface area contributed by atoms with E-state index < -0.39 is 5.91 Å². The first kappa shape index (κ1) is 16.4. The largest absolute Gasteiger partial charge is 0.354 e. The number of rotatable bonds is 3. The number of carbonyl (C=O) groups excluding carboxylic acids is 2. The standard InChI is InChI=1S/C15H14ClN3O2S/c1-3-12-14(21)19(10-6-4-9(16)5-7-10)15(22-12)11(8-17)13(20)18-2/h4-7,12H,3H2,1-2H3,(H,18,20)/b15-11-/t12-/m1/s1. The minimum Gasteiger partial charge on any atom is -0.354 e. The van der Waals surface area contributed by atoms with Crippen LogP contribution in [0.3, 0.4) is 0 Å². The molecule has 0 unspecified atom stereocenters. The van der Waals surface area contributed by atoms with E-state index >= 15 is 0 Å². The molecule has 1 heterocycles. The van der Waals surface area contributed by atoms with Gasteiger partial charge in [0.25, 0.3) is 5.91 Å². The molecule has 1 aromatic rings. The number of hydrogen-bond donors (Lipinski definition) is 1. The van der Waals surface area contributed by atoms with Crippen molar-refractivity contribution in [1.82, 2.24) is 5.32 Å². The van der Waals surface area contributed by atoms with E-state index in [9.17, 15) is 14.9 Å². The lowest BCUT2D eigenvalue weighted by atomic mass is 10.2. The zero-order valence-electron chi connectivity index (χ0n) is 12.1. The van der Waals surface area contributed by atoms with Crippen LogP contribution in [0.5, 0.6) is 0 Å². The van der Waals surface area contributed by atoms with Gasteiger partial charge >= 0.3 is 0 Å². The van der Waals surface area contributed by atoms with E-state index in [1.54, 1.807) is 24.3 Å². The summed E-state index contributed by atoms with van der Waals surface area (Å²) >= 11 is 7.11. The van der Waals surface area contributed by atoms with Crippen molar-refractivity contribution < 1.29 is 9.59 Å². The molecule has 0 radical (unpaired) electrons. The Balaban J connectivity index is 2.57. The van der Waals surface area contributed by atoms with Crippen LogP contribution < -0.4 is 10.2 Å². The highest BCUT2D eigenvalue weighted by Crippen LogP contribution is 2.41. The Bertz CT molecular complexity index is 679. The maximum Gasteiger partial charge on any atom is 0.264 e. The van der Waals surface area contributed by atoms with Gasteiger partial charge in [-0.2, -0.15) is 5.26 Å². The lowest BCUT2D eigenvalue weighted by Crippen LogP contribution is -2.30. The van der Waals surface area contributed by atoms with Gasteiger partial charge in [-0.25, -0.2) is 0 Å². The lowest BCUT2D eigenvalue weighted by Gasteiger charge is -2.18. The first-order chi connectivity index (χ1) is 10.5. The first-order valence-corrected chi connectivity index (χ1v) is 7.91. The molecule has 1 N–H and O–H groups in total. The summed E-state index contributed by atoms with van der Waals surface area (Å²) in [5.41, 5.74) is 0.524. The van der Waals surface area contributed by atoms with Crippen molar-refractivity contribution in [2.24, 2.45) is 0 Å². The fraction of sp³-hybridized carbons (Fsp3) is 0.267. The fourth-order valence-electron chi connectivity index (χ4n) is 2.07. The second kappa shape index (κ2) is 6.86. The SMILES string of the molecule is CC[C@H]1S/C(=C(/C#N)C(=O)NC)N(c2ccc(Cl)cc2)C1=O. The van der Waals surface area contributed by atoms with Crippen LogP contribution in [-0.2, 0) is 9.59 Å². The molecular formula is C15H14ClN3O2S. The molecule has 1 fully saturated rings. The highest BCUT2D eigenvalue weighted by atomic mass is 35.5. The van der Waals surface area contributed by atoms with E-state index in [0.29, 0.717) is 22.2 Å². The Morgan fingerprint density at radius 2 is 2.09 bits per heavy atom.